The molecule has 0 spiro atoms. The average molecular weight is 354 g/mol. The molecule has 5 heteroatoms. The Morgan fingerprint density at radius 1 is 1.12 bits per heavy atom. The summed E-state index contributed by atoms with van der Waals surface area (Å²) in [7, 11) is 1.66. The van der Waals surface area contributed by atoms with Crippen molar-refractivity contribution in [3.63, 3.8) is 0 Å². The molecule has 2 aromatic rings. The van der Waals surface area contributed by atoms with Crippen LogP contribution in [0.5, 0.6) is 11.5 Å². The van der Waals surface area contributed by atoms with E-state index in [9.17, 15) is 9.90 Å². The second-order valence-electron chi connectivity index (χ2n) is 6.61. The third kappa shape index (κ3) is 4.35. The summed E-state index contributed by atoms with van der Waals surface area (Å²) in [6.07, 6.45) is 3.62. The molecule has 1 fully saturated rings. The Morgan fingerprint density at radius 2 is 1.81 bits per heavy atom. The number of ether oxygens (including phenoxy) is 1. The monoisotopic (exact) mass is 354 g/mol. The van der Waals surface area contributed by atoms with Gasteiger partial charge in [0.25, 0.3) is 5.91 Å². The number of piperidine rings is 1. The molecule has 1 unspecified atom stereocenters. The lowest BCUT2D eigenvalue weighted by molar-refractivity contribution is 0.0922. The number of phenols is 1. The van der Waals surface area contributed by atoms with Crippen LogP contribution in [-0.2, 0) is 0 Å². The third-order valence-electron chi connectivity index (χ3n) is 4.94. The molecule has 2 N–H and O–H groups in total. The van der Waals surface area contributed by atoms with E-state index in [-0.39, 0.29) is 17.7 Å². The van der Waals surface area contributed by atoms with Gasteiger partial charge in [-0.2, -0.15) is 0 Å². The van der Waals surface area contributed by atoms with E-state index in [0.717, 1.165) is 24.4 Å². The Hall–Kier alpha value is -2.53. The lowest BCUT2D eigenvalue weighted by Gasteiger charge is -2.35. The number of para-hydroxylation sites is 1. The standard InChI is InChI=1S/C21H26N2O3/c1-26-17-11-9-16(10-12-17)19(23-13-5-2-6-14-23)15-22-21(25)18-7-3-4-8-20(18)24/h3-4,7-12,19,24H,2,5-6,13-15H2,1H3,(H,22,25). The van der Waals surface area contributed by atoms with Crippen LogP contribution in [0.15, 0.2) is 48.5 Å². The van der Waals surface area contributed by atoms with Crippen LogP contribution in [0.25, 0.3) is 0 Å². The van der Waals surface area contributed by atoms with Crippen LogP contribution in [0.2, 0.25) is 0 Å². The Bertz CT molecular complexity index is 724. The van der Waals surface area contributed by atoms with Gasteiger partial charge in [-0.15, -0.1) is 0 Å². The highest BCUT2D eigenvalue weighted by Crippen LogP contribution is 2.26. The largest absolute Gasteiger partial charge is 0.507 e. The number of aromatic hydroxyl groups is 1. The summed E-state index contributed by atoms with van der Waals surface area (Å²) in [5, 5.41) is 12.9. The van der Waals surface area contributed by atoms with Crippen molar-refractivity contribution in [2.45, 2.75) is 25.3 Å². The van der Waals surface area contributed by atoms with Crippen molar-refractivity contribution in [3.05, 3.63) is 59.7 Å². The molecule has 0 aromatic heterocycles. The summed E-state index contributed by atoms with van der Waals surface area (Å²) in [6.45, 7) is 2.56. The van der Waals surface area contributed by atoms with Gasteiger partial charge in [-0.1, -0.05) is 30.7 Å². The van der Waals surface area contributed by atoms with Gasteiger partial charge in [-0.05, 0) is 55.8 Å². The van der Waals surface area contributed by atoms with Gasteiger partial charge in [-0.25, -0.2) is 0 Å². The number of benzene rings is 2. The van der Waals surface area contributed by atoms with Crippen molar-refractivity contribution in [1.82, 2.24) is 10.2 Å². The summed E-state index contributed by atoms with van der Waals surface area (Å²) < 4.78 is 5.25. The van der Waals surface area contributed by atoms with Gasteiger partial charge in [0.05, 0.1) is 18.7 Å². The molecule has 2 aromatic carbocycles. The van der Waals surface area contributed by atoms with E-state index in [0.29, 0.717) is 12.1 Å². The smallest absolute Gasteiger partial charge is 0.255 e. The van der Waals surface area contributed by atoms with Crippen LogP contribution in [0.4, 0.5) is 0 Å². The predicted molar refractivity (Wildman–Crippen MR) is 102 cm³/mol. The first kappa shape index (κ1) is 18.3. The van der Waals surface area contributed by atoms with Gasteiger partial charge in [0.2, 0.25) is 0 Å². The zero-order valence-corrected chi connectivity index (χ0v) is 15.1. The molecule has 0 radical (unpaired) electrons. The maximum Gasteiger partial charge on any atom is 0.255 e. The quantitative estimate of drug-likeness (QED) is 0.835. The molecule has 1 saturated heterocycles. The van der Waals surface area contributed by atoms with Crippen LogP contribution in [-0.4, -0.2) is 42.7 Å². The number of hydrogen-bond acceptors (Lipinski definition) is 4. The molecule has 1 aliphatic rings. The highest BCUT2D eigenvalue weighted by Gasteiger charge is 2.23. The molecule has 138 valence electrons. The fourth-order valence-electron chi connectivity index (χ4n) is 3.46. The normalized spacial score (nSPS) is 16.0. The number of rotatable bonds is 6. The van der Waals surface area contributed by atoms with Gasteiger partial charge in [0.15, 0.2) is 0 Å². The van der Waals surface area contributed by atoms with Gasteiger partial charge in [0, 0.05) is 6.54 Å². The van der Waals surface area contributed by atoms with Crippen molar-refractivity contribution >= 4 is 5.91 Å². The van der Waals surface area contributed by atoms with E-state index in [1.807, 2.05) is 12.1 Å². The number of nitrogens with zero attached hydrogens (tertiary/aromatic N) is 1. The highest BCUT2D eigenvalue weighted by atomic mass is 16.5. The Balaban J connectivity index is 1.74. The van der Waals surface area contributed by atoms with Gasteiger partial charge in [-0.3, -0.25) is 9.69 Å². The van der Waals surface area contributed by atoms with Crippen LogP contribution in [0.3, 0.4) is 0 Å². The maximum absolute atomic E-state index is 12.5. The van der Waals surface area contributed by atoms with Gasteiger partial charge >= 0.3 is 0 Å². The van der Waals surface area contributed by atoms with Crippen molar-refractivity contribution in [3.8, 4) is 11.5 Å². The topological polar surface area (TPSA) is 61.8 Å². The number of phenolic OH excluding ortho intramolecular Hbond substituents is 1. The van der Waals surface area contributed by atoms with E-state index in [2.05, 4.69) is 22.3 Å². The summed E-state index contributed by atoms with van der Waals surface area (Å²) in [5.41, 5.74) is 1.46. The van der Waals surface area contributed by atoms with E-state index in [4.69, 9.17) is 4.74 Å². The molecule has 1 amide bonds. The first-order valence-corrected chi connectivity index (χ1v) is 9.13. The molecule has 1 aliphatic heterocycles. The first-order valence-electron chi connectivity index (χ1n) is 9.13. The Kier molecular flexibility index (Phi) is 6.12. The second-order valence-corrected chi connectivity index (χ2v) is 6.61. The number of nitrogens with one attached hydrogen (secondary N) is 1. The number of carbonyl (C=O) groups excluding carboxylic acids is 1. The SMILES string of the molecule is COc1ccc(C(CNC(=O)c2ccccc2O)N2CCCCC2)cc1. The maximum atomic E-state index is 12.5. The molecule has 1 atom stereocenters. The molecule has 0 saturated carbocycles. The number of hydrogen-bond donors (Lipinski definition) is 2. The molecule has 3 rings (SSSR count). The molecular formula is C21H26N2O3. The predicted octanol–water partition coefficient (Wildman–Crippen LogP) is 3.36. The minimum atomic E-state index is -0.251. The molecular weight excluding hydrogens is 328 g/mol. The van der Waals surface area contributed by atoms with Gasteiger partial charge < -0.3 is 15.2 Å². The lowest BCUT2D eigenvalue weighted by atomic mass is 10.0. The number of carbonyl (C=O) groups is 1. The average Bonchev–Trinajstić information content (AvgIpc) is 2.69. The second kappa shape index (κ2) is 8.72. The van der Waals surface area contributed by atoms with Gasteiger partial charge in [0.1, 0.15) is 11.5 Å². The summed E-state index contributed by atoms with van der Waals surface area (Å²) in [6, 6.07) is 14.8. The minimum absolute atomic E-state index is 0.00368. The highest BCUT2D eigenvalue weighted by molar-refractivity contribution is 5.96. The third-order valence-corrected chi connectivity index (χ3v) is 4.94. The van der Waals surface area contributed by atoms with Crippen molar-refractivity contribution in [2.24, 2.45) is 0 Å². The number of likely N-dealkylation sites (tertiary alicyclic amines) is 1. The first-order chi connectivity index (χ1) is 12.7. The fourth-order valence-corrected chi connectivity index (χ4v) is 3.46. The van der Waals surface area contributed by atoms with Crippen LogP contribution >= 0.6 is 0 Å². The summed E-state index contributed by atoms with van der Waals surface area (Å²) in [4.78, 5) is 14.9. The van der Waals surface area contributed by atoms with Crippen molar-refractivity contribution < 1.29 is 14.6 Å². The molecule has 5 nitrogen and oxygen atoms in total. The Labute approximate surface area is 154 Å². The number of amides is 1. The molecule has 0 aliphatic carbocycles. The van der Waals surface area contributed by atoms with Crippen LogP contribution < -0.4 is 10.1 Å². The van der Waals surface area contributed by atoms with E-state index in [1.54, 1.807) is 25.3 Å². The summed E-state index contributed by atoms with van der Waals surface area (Å²) in [5.74, 6) is 0.576. The van der Waals surface area contributed by atoms with Crippen LogP contribution in [0, 0.1) is 0 Å². The molecule has 0 bridgehead atoms. The minimum Gasteiger partial charge on any atom is -0.507 e. The Morgan fingerprint density at radius 3 is 2.46 bits per heavy atom. The van der Waals surface area contributed by atoms with E-state index in [1.165, 1.54) is 25.3 Å². The van der Waals surface area contributed by atoms with Crippen LogP contribution in [0.1, 0.15) is 41.2 Å². The fraction of sp³-hybridized carbons (Fsp3) is 0.381. The van der Waals surface area contributed by atoms with Crippen molar-refractivity contribution in [1.29, 1.82) is 0 Å². The van der Waals surface area contributed by atoms with Crippen molar-refractivity contribution in [2.75, 3.05) is 26.7 Å². The lowest BCUT2D eigenvalue weighted by Crippen LogP contribution is -2.40. The molecule has 1 heterocycles. The zero-order valence-electron chi connectivity index (χ0n) is 15.1. The number of methoxy groups -OCH3 is 1. The summed E-state index contributed by atoms with van der Waals surface area (Å²) >= 11 is 0. The van der Waals surface area contributed by atoms with E-state index < -0.39 is 0 Å². The molecule has 26 heavy (non-hydrogen) atoms. The zero-order chi connectivity index (χ0) is 18.4. The van der Waals surface area contributed by atoms with E-state index >= 15 is 0 Å².